The summed E-state index contributed by atoms with van der Waals surface area (Å²) in [6, 6.07) is 10.5. The van der Waals surface area contributed by atoms with E-state index in [1.807, 2.05) is 0 Å². The second-order valence-electron chi connectivity index (χ2n) is 7.98. The van der Waals surface area contributed by atoms with E-state index in [0.29, 0.717) is 23.2 Å². The van der Waals surface area contributed by atoms with Crippen LogP contribution in [0, 0.1) is 5.92 Å². The molecule has 0 radical (unpaired) electrons. The van der Waals surface area contributed by atoms with Gasteiger partial charge in [0.2, 0.25) is 0 Å². The molecule has 1 aliphatic heterocycles. The van der Waals surface area contributed by atoms with Gasteiger partial charge < -0.3 is 9.16 Å². The standard InChI is InChI=1S/C21H34O2Si/c1-15(2)24(16(3)4,17(5)6)23-20-13-14-22-21(18(20)7)19-11-9-8-10-12-19/h8-13,15-18,21H,14H2,1-7H3/t18-,21+/m0/s1. The molecule has 1 aliphatic rings. The van der Waals surface area contributed by atoms with Crippen molar-refractivity contribution in [3.8, 4) is 0 Å². The molecule has 24 heavy (non-hydrogen) atoms. The van der Waals surface area contributed by atoms with Gasteiger partial charge in [-0.1, -0.05) is 78.8 Å². The Labute approximate surface area is 149 Å². The predicted molar refractivity (Wildman–Crippen MR) is 105 cm³/mol. The average molecular weight is 347 g/mol. The Morgan fingerprint density at radius 1 is 0.958 bits per heavy atom. The predicted octanol–water partition coefficient (Wildman–Crippen LogP) is 6.47. The highest BCUT2D eigenvalue weighted by molar-refractivity contribution is 6.77. The van der Waals surface area contributed by atoms with Crippen molar-refractivity contribution in [1.82, 2.24) is 0 Å². The molecule has 0 spiro atoms. The van der Waals surface area contributed by atoms with Gasteiger partial charge in [0.15, 0.2) is 0 Å². The summed E-state index contributed by atoms with van der Waals surface area (Å²) in [6.07, 6.45) is 2.25. The Balaban J connectivity index is 2.29. The Kier molecular flexibility index (Phi) is 6.32. The lowest BCUT2D eigenvalue weighted by Gasteiger charge is -2.45. The second kappa shape index (κ2) is 7.88. The third-order valence-corrected chi connectivity index (χ3v) is 11.6. The first-order chi connectivity index (χ1) is 11.3. The molecule has 0 fully saturated rings. The molecule has 1 heterocycles. The SMILES string of the molecule is CC(C)[Si](OC1=CCO[C@@H](c2ccccc2)[C@H]1C)(C(C)C)C(C)C. The van der Waals surface area contributed by atoms with Gasteiger partial charge in [-0.25, -0.2) is 0 Å². The summed E-state index contributed by atoms with van der Waals surface area (Å²) >= 11 is 0. The third kappa shape index (κ3) is 3.62. The van der Waals surface area contributed by atoms with Crippen molar-refractivity contribution in [3.63, 3.8) is 0 Å². The van der Waals surface area contributed by atoms with Gasteiger partial charge >= 0.3 is 0 Å². The van der Waals surface area contributed by atoms with E-state index in [1.165, 1.54) is 5.56 Å². The van der Waals surface area contributed by atoms with Gasteiger partial charge in [-0.3, -0.25) is 0 Å². The largest absolute Gasteiger partial charge is 0.546 e. The van der Waals surface area contributed by atoms with E-state index >= 15 is 0 Å². The minimum atomic E-state index is -1.91. The van der Waals surface area contributed by atoms with E-state index in [1.54, 1.807) is 0 Å². The van der Waals surface area contributed by atoms with Crippen LogP contribution in [0.5, 0.6) is 0 Å². The fourth-order valence-electron chi connectivity index (χ4n) is 4.43. The molecular formula is C21H34O2Si. The molecule has 3 heteroatoms. The molecule has 1 aromatic carbocycles. The summed E-state index contributed by atoms with van der Waals surface area (Å²) in [5.41, 5.74) is 3.00. The van der Waals surface area contributed by atoms with Crippen molar-refractivity contribution in [3.05, 3.63) is 47.7 Å². The summed E-state index contributed by atoms with van der Waals surface area (Å²) in [6.45, 7) is 16.9. The minimum absolute atomic E-state index is 0.0874. The van der Waals surface area contributed by atoms with Crippen molar-refractivity contribution < 1.29 is 9.16 Å². The molecule has 0 amide bonds. The Morgan fingerprint density at radius 3 is 2.00 bits per heavy atom. The summed E-state index contributed by atoms with van der Waals surface area (Å²) < 4.78 is 13.0. The van der Waals surface area contributed by atoms with Crippen LogP contribution in [0.25, 0.3) is 0 Å². The van der Waals surface area contributed by atoms with Crippen LogP contribution in [-0.2, 0) is 9.16 Å². The second-order valence-corrected chi connectivity index (χ2v) is 13.4. The molecule has 2 atom stereocenters. The fourth-order valence-corrected chi connectivity index (χ4v) is 9.82. The lowest BCUT2D eigenvalue weighted by molar-refractivity contribution is 0.0155. The summed E-state index contributed by atoms with van der Waals surface area (Å²) in [5.74, 6) is 1.40. The van der Waals surface area contributed by atoms with Crippen molar-refractivity contribution in [1.29, 1.82) is 0 Å². The highest BCUT2D eigenvalue weighted by atomic mass is 28.4. The molecule has 0 N–H and O–H groups in total. The highest BCUT2D eigenvalue weighted by Crippen LogP contribution is 2.46. The first kappa shape index (κ1) is 19.3. The van der Waals surface area contributed by atoms with Gasteiger partial charge in [-0.15, -0.1) is 0 Å². The Bertz CT molecular complexity index is 526. The van der Waals surface area contributed by atoms with Crippen LogP contribution in [0.1, 0.15) is 60.1 Å². The van der Waals surface area contributed by atoms with Crippen molar-refractivity contribution in [2.24, 2.45) is 5.92 Å². The molecule has 0 unspecified atom stereocenters. The highest BCUT2D eigenvalue weighted by Gasteiger charge is 2.48. The van der Waals surface area contributed by atoms with Crippen LogP contribution in [0.4, 0.5) is 0 Å². The zero-order valence-electron chi connectivity index (χ0n) is 16.4. The topological polar surface area (TPSA) is 18.5 Å². The van der Waals surface area contributed by atoms with Crippen LogP contribution >= 0.6 is 0 Å². The molecule has 0 saturated heterocycles. The maximum Gasteiger partial charge on any atom is 0.258 e. The lowest BCUT2D eigenvalue weighted by Crippen LogP contribution is -2.48. The van der Waals surface area contributed by atoms with E-state index in [0.717, 1.165) is 5.76 Å². The zero-order valence-corrected chi connectivity index (χ0v) is 17.4. The quantitative estimate of drug-likeness (QED) is 0.549. The molecular weight excluding hydrogens is 312 g/mol. The summed E-state index contributed by atoms with van der Waals surface area (Å²) in [4.78, 5) is 0. The maximum atomic E-state index is 6.95. The van der Waals surface area contributed by atoms with Gasteiger partial charge in [-0.05, 0) is 28.3 Å². The molecule has 0 bridgehead atoms. The van der Waals surface area contributed by atoms with Crippen LogP contribution in [0.2, 0.25) is 16.6 Å². The smallest absolute Gasteiger partial charge is 0.258 e. The third-order valence-electron chi connectivity index (χ3n) is 5.59. The first-order valence-electron chi connectivity index (χ1n) is 9.36. The monoisotopic (exact) mass is 346 g/mol. The number of ether oxygens (including phenoxy) is 1. The number of hydrogen-bond donors (Lipinski definition) is 0. The molecule has 0 saturated carbocycles. The van der Waals surface area contributed by atoms with Gasteiger partial charge in [-0.2, -0.15) is 0 Å². The van der Waals surface area contributed by atoms with Gasteiger partial charge in [0.1, 0.15) is 0 Å². The van der Waals surface area contributed by atoms with E-state index in [2.05, 4.69) is 84.9 Å². The molecule has 134 valence electrons. The van der Waals surface area contributed by atoms with E-state index in [-0.39, 0.29) is 12.0 Å². The van der Waals surface area contributed by atoms with Crippen LogP contribution in [0.15, 0.2) is 42.2 Å². The van der Waals surface area contributed by atoms with Crippen molar-refractivity contribution in [2.75, 3.05) is 6.61 Å². The average Bonchev–Trinajstić information content (AvgIpc) is 2.53. The van der Waals surface area contributed by atoms with E-state index in [4.69, 9.17) is 9.16 Å². The van der Waals surface area contributed by atoms with Gasteiger partial charge in [0.05, 0.1) is 18.5 Å². The van der Waals surface area contributed by atoms with Crippen LogP contribution < -0.4 is 0 Å². The number of benzene rings is 1. The van der Waals surface area contributed by atoms with E-state index < -0.39 is 8.32 Å². The Morgan fingerprint density at radius 2 is 1.50 bits per heavy atom. The zero-order chi connectivity index (χ0) is 17.9. The normalized spacial score (nSPS) is 22.2. The maximum absolute atomic E-state index is 6.95. The summed E-state index contributed by atoms with van der Waals surface area (Å²) in [7, 11) is -1.91. The molecule has 0 aromatic heterocycles. The van der Waals surface area contributed by atoms with Crippen LogP contribution in [0.3, 0.4) is 0 Å². The fraction of sp³-hybridized carbons (Fsp3) is 0.619. The van der Waals surface area contributed by atoms with Crippen LogP contribution in [-0.4, -0.2) is 14.9 Å². The molecule has 2 nitrogen and oxygen atoms in total. The van der Waals surface area contributed by atoms with E-state index in [9.17, 15) is 0 Å². The number of hydrogen-bond acceptors (Lipinski definition) is 2. The molecule has 2 rings (SSSR count). The minimum Gasteiger partial charge on any atom is -0.546 e. The van der Waals surface area contributed by atoms with Crippen molar-refractivity contribution in [2.45, 2.75) is 71.2 Å². The van der Waals surface area contributed by atoms with Gasteiger partial charge in [0, 0.05) is 5.92 Å². The first-order valence-corrected chi connectivity index (χ1v) is 11.5. The number of rotatable bonds is 6. The lowest BCUT2D eigenvalue weighted by atomic mass is 9.94. The van der Waals surface area contributed by atoms with Crippen molar-refractivity contribution >= 4 is 8.32 Å². The summed E-state index contributed by atoms with van der Waals surface area (Å²) in [5, 5.41) is 0. The van der Waals surface area contributed by atoms with Gasteiger partial charge in [0.25, 0.3) is 8.32 Å². The Hall–Kier alpha value is -1.06. The molecule has 0 aliphatic carbocycles. The molecule has 1 aromatic rings.